The third-order valence-electron chi connectivity index (χ3n) is 4.70. The molecule has 2 heterocycles. The molecule has 1 aliphatic heterocycles. The van der Waals surface area contributed by atoms with Crippen molar-refractivity contribution in [2.45, 2.75) is 13.0 Å². The fourth-order valence-electron chi connectivity index (χ4n) is 3.27. The van der Waals surface area contributed by atoms with Crippen molar-refractivity contribution in [2.24, 2.45) is 5.73 Å². The van der Waals surface area contributed by atoms with E-state index >= 15 is 0 Å². The molecule has 0 atom stereocenters. The fraction of sp³-hybridized carbons (Fsp3) is 0.190. The number of benzene rings is 2. The van der Waals surface area contributed by atoms with Crippen molar-refractivity contribution in [1.29, 1.82) is 0 Å². The molecule has 1 aromatic heterocycles. The Hall–Kier alpha value is -3.65. The number of ether oxygens (including phenoxy) is 2. The maximum Gasteiger partial charge on any atom is 0.228 e. The van der Waals surface area contributed by atoms with Crippen molar-refractivity contribution < 1.29 is 14.3 Å². The highest BCUT2D eigenvalue weighted by Gasteiger charge is 2.21. The van der Waals surface area contributed by atoms with Gasteiger partial charge in [0.1, 0.15) is 0 Å². The van der Waals surface area contributed by atoms with Crippen LogP contribution in [0, 0.1) is 0 Å². The zero-order chi connectivity index (χ0) is 20.4. The second-order valence-electron chi connectivity index (χ2n) is 6.57. The number of hydrogen-bond acceptors (Lipinski definition) is 7. The summed E-state index contributed by atoms with van der Waals surface area (Å²) in [7, 11) is 3.17. The van der Waals surface area contributed by atoms with Gasteiger partial charge in [-0.1, -0.05) is 12.1 Å². The Balaban J connectivity index is 1.73. The van der Waals surface area contributed by atoms with Crippen LogP contribution >= 0.6 is 0 Å². The van der Waals surface area contributed by atoms with Crippen LogP contribution in [0.1, 0.15) is 11.1 Å². The molecule has 8 nitrogen and oxygen atoms in total. The predicted molar refractivity (Wildman–Crippen MR) is 111 cm³/mol. The van der Waals surface area contributed by atoms with E-state index in [1.165, 1.54) is 0 Å². The summed E-state index contributed by atoms with van der Waals surface area (Å²) in [4.78, 5) is 21.3. The first-order chi connectivity index (χ1) is 14.1. The second kappa shape index (κ2) is 7.76. The molecule has 8 heteroatoms. The largest absolute Gasteiger partial charge is 0.493 e. The quantitative estimate of drug-likeness (QED) is 0.613. The molecule has 1 amide bonds. The molecule has 4 N–H and O–H groups in total. The summed E-state index contributed by atoms with van der Waals surface area (Å²) in [6.45, 7) is 0.395. The fourth-order valence-corrected chi connectivity index (χ4v) is 3.27. The zero-order valence-electron chi connectivity index (χ0n) is 16.2. The van der Waals surface area contributed by atoms with Crippen molar-refractivity contribution in [3.05, 3.63) is 53.7 Å². The van der Waals surface area contributed by atoms with Crippen LogP contribution < -0.4 is 25.8 Å². The van der Waals surface area contributed by atoms with Crippen molar-refractivity contribution in [2.75, 3.05) is 24.9 Å². The summed E-state index contributed by atoms with van der Waals surface area (Å²) < 4.78 is 10.6. The Bertz CT molecular complexity index is 1080. The van der Waals surface area contributed by atoms with Gasteiger partial charge in [0, 0.05) is 35.6 Å². The minimum Gasteiger partial charge on any atom is -0.493 e. The SMILES string of the molecule is COc1ccc(Nc2ncc3c(n2)-c2ccc(CN)cc2NC(=O)C3)cc1OC. The number of aromatic nitrogens is 2. The lowest BCUT2D eigenvalue weighted by Crippen LogP contribution is -2.13. The van der Waals surface area contributed by atoms with Crippen molar-refractivity contribution in [1.82, 2.24) is 9.97 Å². The number of amides is 1. The molecule has 0 saturated carbocycles. The second-order valence-corrected chi connectivity index (χ2v) is 6.57. The molecule has 148 valence electrons. The lowest BCUT2D eigenvalue weighted by molar-refractivity contribution is -0.115. The first kappa shape index (κ1) is 18.7. The molecule has 0 fully saturated rings. The van der Waals surface area contributed by atoms with Gasteiger partial charge in [-0.25, -0.2) is 9.97 Å². The molecule has 0 saturated heterocycles. The summed E-state index contributed by atoms with van der Waals surface area (Å²) in [5.74, 6) is 1.54. The van der Waals surface area contributed by atoms with E-state index in [0.717, 1.165) is 22.4 Å². The van der Waals surface area contributed by atoms with Gasteiger partial charge in [-0.15, -0.1) is 0 Å². The highest BCUT2D eigenvalue weighted by Crippen LogP contribution is 2.35. The molecule has 0 spiro atoms. The topological polar surface area (TPSA) is 111 Å². The highest BCUT2D eigenvalue weighted by molar-refractivity contribution is 6.00. The summed E-state index contributed by atoms with van der Waals surface area (Å²) in [5, 5.41) is 6.11. The molecule has 3 aromatic rings. The predicted octanol–water partition coefficient (Wildman–Crippen LogP) is 2.86. The average Bonchev–Trinajstić information content (AvgIpc) is 2.88. The maximum atomic E-state index is 12.3. The van der Waals surface area contributed by atoms with Gasteiger partial charge in [0.15, 0.2) is 11.5 Å². The summed E-state index contributed by atoms with van der Waals surface area (Å²) >= 11 is 0. The number of nitrogens with zero attached hydrogens (tertiary/aromatic N) is 2. The Morgan fingerprint density at radius 1 is 1.14 bits per heavy atom. The van der Waals surface area contributed by atoms with Crippen molar-refractivity contribution >= 4 is 23.2 Å². The normalized spacial score (nSPS) is 12.3. The smallest absolute Gasteiger partial charge is 0.228 e. The van der Waals surface area contributed by atoms with Gasteiger partial charge >= 0.3 is 0 Å². The van der Waals surface area contributed by atoms with Gasteiger partial charge in [0.2, 0.25) is 11.9 Å². The van der Waals surface area contributed by atoms with Crippen LogP contribution in [-0.4, -0.2) is 30.1 Å². The van der Waals surface area contributed by atoms with Gasteiger partial charge in [-0.2, -0.15) is 0 Å². The number of nitrogens with two attached hydrogens (primary N) is 1. The molecule has 0 unspecified atom stereocenters. The molecule has 0 aliphatic carbocycles. The molecular formula is C21H21N5O3. The molecule has 1 aliphatic rings. The molecule has 2 aromatic carbocycles. The van der Waals surface area contributed by atoms with Crippen molar-refractivity contribution in [3.63, 3.8) is 0 Å². The van der Waals surface area contributed by atoms with Gasteiger partial charge in [-0.05, 0) is 23.8 Å². The first-order valence-electron chi connectivity index (χ1n) is 9.09. The van der Waals surface area contributed by atoms with E-state index in [1.807, 2.05) is 24.3 Å². The minimum atomic E-state index is -0.108. The molecular weight excluding hydrogens is 370 g/mol. The zero-order valence-corrected chi connectivity index (χ0v) is 16.2. The van der Waals surface area contributed by atoms with Gasteiger partial charge in [-0.3, -0.25) is 4.79 Å². The van der Waals surface area contributed by atoms with E-state index in [4.69, 9.17) is 15.2 Å². The van der Waals surface area contributed by atoms with Gasteiger partial charge in [0.25, 0.3) is 0 Å². The third-order valence-corrected chi connectivity index (χ3v) is 4.70. The van der Waals surface area contributed by atoms with Crippen LogP contribution in [0.4, 0.5) is 17.3 Å². The van der Waals surface area contributed by atoms with Crippen molar-refractivity contribution in [3.8, 4) is 22.8 Å². The Labute approximate surface area is 168 Å². The number of carbonyl (C=O) groups is 1. The number of rotatable bonds is 5. The number of carbonyl (C=O) groups excluding carboxylic acids is 1. The van der Waals surface area contributed by atoms with E-state index in [0.29, 0.717) is 35.4 Å². The number of anilines is 3. The van der Waals surface area contributed by atoms with Gasteiger partial charge in [0.05, 0.1) is 32.0 Å². The van der Waals surface area contributed by atoms with E-state index in [2.05, 4.69) is 20.6 Å². The van der Waals surface area contributed by atoms with Crippen LogP contribution in [0.5, 0.6) is 11.5 Å². The number of hydrogen-bond donors (Lipinski definition) is 3. The van der Waals surface area contributed by atoms with E-state index in [-0.39, 0.29) is 12.3 Å². The number of methoxy groups -OCH3 is 2. The molecule has 0 radical (unpaired) electrons. The van der Waals surface area contributed by atoms with Crippen LogP contribution in [-0.2, 0) is 17.8 Å². The minimum absolute atomic E-state index is 0.108. The van der Waals surface area contributed by atoms with Crippen LogP contribution in [0.15, 0.2) is 42.6 Å². The Kier molecular flexibility index (Phi) is 5.01. The Morgan fingerprint density at radius 2 is 1.97 bits per heavy atom. The molecule has 0 bridgehead atoms. The van der Waals surface area contributed by atoms with Gasteiger partial charge < -0.3 is 25.8 Å². The monoisotopic (exact) mass is 391 g/mol. The van der Waals surface area contributed by atoms with E-state index in [9.17, 15) is 4.79 Å². The number of fused-ring (bicyclic) bond motifs is 3. The lowest BCUT2D eigenvalue weighted by atomic mass is 10.0. The van der Waals surface area contributed by atoms with Crippen LogP contribution in [0.2, 0.25) is 0 Å². The standard InChI is InChI=1S/C21H21N5O3/c1-28-17-6-4-14(9-18(17)29-2)24-21-23-11-13-8-19(27)25-16-7-12(10-22)3-5-15(16)20(13)26-21/h3-7,9,11H,8,10,22H2,1-2H3,(H,25,27)(H,23,24,26). The molecule has 29 heavy (non-hydrogen) atoms. The molecule has 4 rings (SSSR count). The maximum absolute atomic E-state index is 12.3. The summed E-state index contributed by atoms with van der Waals surface area (Å²) in [6, 6.07) is 11.2. The number of nitrogens with one attached hydrogen (secondary N) is 2. The Morgan fingerprint density at radius 3 is 2.72 bits per heavy atom. The first-order valence-corrected chi connectivity index (χ1v) is 9.09. The lowest BCUT2D eigenvalue weighted by Gasteiger charge is -2.13. The van der Waals surface area contributed by atoms with Crippen LogP contribution in [0.3, 0.4) is 0 Å². The third kappa shape index (κ3) is 3.70. The summed E-state index contributed by atoms with van der Waals surface area (Å²) in [5.41, 5.74) is 10.4. The van der Waals surface area contributed by atoms with E-state index in [1.54, 1.807) is 32.5 Å². The summed E-state index contributed by atoms with van der Waals surface area (Å²) in [6.07, 6.45) is 1.88. The van der Waals surface area contributed by atoms with Crippen LogP contribution in [0.25, 0.3) is 11.3 Å². The average molecular weight is 391 g/mol. The van der Waals surface area contributed by atoms with E-state index < -0.39 is 0 Å². The highest BCUT2D eigenvalue weighted by atomic mass is 16.5.